The van der Waals surface area contributed by atoms with Gasteiger partial charge in [0.15, 0.2) is 15.7 Å². The highest BCUT2D eigenvalue weighted by molar-refractivity contribution is 7.91. The molecule has 1 atom stereocenters. The topological polar surface area (TPSA) is 96.9 Å². The SMILES string of the molecule is CC(C)CCNc1nncc(NC2CCS(=O)(=O)C2)n1. The molecule has 20 heavy (non-hydrogen) atoms. The van der Waals surface area contributed by atoms with Crippen LogP contribution in [0.3, 0.4) is 0 Å². The first kappa shape index (κ1) is 15.0. The third-order valence-electron chi connectivity index (χ3n) is 3.15. The second-order valence-corrected chi connectivity index (χ2v) is 7.75. The molecule has 1 unspecified atom stereocenters. The monoisotopic (exact) mass is 299 g/mol. The minimum Gasteiger partial charge on any atom is -0.365 e. The standard InChI is InChI=1S/C12H21N5O2S/c1-9(2)3-5-13-12-16-11(7-14-17-12)15-10-4-6-20(18,19)8-10/h7,9-10H,3-6,8H2,1-2H3,(H2,13,15,16,17). The first-order valence-corrected chi connectivity index (χ1v) is 8.67. The molecule has 0 radical (unpaired) electrons. The van der Waals surface area contributed by atoms with E-state index in [4.69, 9.17) is 0 Å². The zero-order chi connectivity index (χ0) is 14.6. The van der Waals surface area contributed by atoms with E-state index in [0.29, 0.717) is 24.1 Å². The van der Waals surface area contributed by atoms with Crippen LogP contribution in [0.1, 0.15) is 26.7 Å². The van der Waals surface area contributed by atoms with Crippen LogP contribution < -0.4 is 10.6 Å². The lowest BCUT2D eigenvalue weighted by molar-refractivity contribution is 0.602. The van der Waals surface area contributed by atoms with Gasteiger partial charge in [-0.3, -0.25) is 0 Å². The van der Waals surface area contributed by atoms with Crippen molar-refractivity contribution >= 4 is 21.6 Å². The van der Waals surface area contributed by atoms with E-state index < -0.39 is 9.84 Å². The van der Waals surface area contributed by atoms with Gasteiger partial charge in [0, 0.05) is 12.6 Å². The van der Waals surface area contributed by atoms with Gasteiger partial charge in [0.25, 0.3) is 0 Å². The van der Waals surface area contributed by atoms with Crippen LogP contribution >= 0.6 is 0 Å². The Kier molecular flexibility index (Phi) is 4.74. The molecular weight excluding hydrogens is 278 g/mol. The summed E-state index contributed by atoms with van der Waals surface area (Å²) in [6.07, 6.45) is 3.16. The first-order chi connectivity index (χ1) is 9.44. The molecule has 2 heterocycles. The van der Waals surface area contributed by atoms with Crippen molar-refractivity contribution in [1.29, 1.82) is 0 Å². The van der Waals surface area contributed by atoms with Gasteiger partial charge < -0.3 is 10.6 Å². The van der Waals surface area contributed by atoms with Gasteiger partial charge in [-0.2, -0.15) is 10.1 Å². The van der Waals surface area contributed by atoms with Gasteiger partial charge in [-0.05, 0) is 18.8 Å². The van der Waals surface area contributed by atoms with E-state index in [9.17, 15) is 8.42 Å². The summed E-state index contributed by atoms with van der Waals surface area (Å²) < 4.78 is 22.8. The molecule has 0 saturated carbocycles. The van der Waals surface area contributed by atoms with E-state index in [1.54, 1.807) is 0 Å². The second kappa shape index (κ2) is 6.34. The fourth-order valence-corrected chi connectivity index (χ4v) is 3.71. The van der Waals surface area contributed by atoms with Crippen molar-refractivity contribution in [2.24, 2.45) is 5.92 Å². The zero-order valence-electron chi connectivity index (χ0n) is 11.8. The summed E-state index contributed by atoms with van der Waals surface area (Å²) in [5, 5.41) is 14.0. The zero-order valence-corrected chi connectivity index (χ0v) is 12.7. The van der Waals surface area contributed by atoms with Crippen molar-refractivity contribution in [2.45, 2.75) is 32.7 Å². The lowest BCUT2D eigenvalue weighted by Gasteiger charge is -2.12. The summed E-state index contributed by atoms with van der Waals surface area (Å²) in [5.41, 5.74) is 0. The average Bonchev–Trinajstić information content (AvgIpc) is 2.68. The minimum atomic E-state index is -2.89. The van der Waals surface area contributed by atoms with Crippen molar-refractivity contribution in [1.82, 2.24) is 15.2 Å². The van der Waals surface area contributed by atoms with E-state index in [2.05, 4.69) is 39.7 Å². The quantitative estimate of drug-likeness (QED) is 0.806. The van der Waals surface area contributed by atoms with E-state index in [1.807, 2.05) is 0 Å². The average molecular weight is 299 g/mol. The van der Waals surface area contributed by atoms with Crippen LogP contribution in [-0.4, -0.2) is 47.7 Å². The highest BCUT2D eigenvalue weighted by atomic mass is 32.2. The molecule has 1 fully saturated rings. The van der Waals surface area contributed by atoms with Crippen LogP contribution in [0.4, 0.5) is 11.8 Å². The Morgan fingerprint density at radius 3 is 2.90 bits per heavy atom. The Bertz CT molecular complexity index is 547. The number of hydrogen-bond donors (Lipinski definition) is 2. The number of hydrogen-bond acceptors (Lipinski definition) is 7. The lowest BCUT2D eigenvalue weighted by Crippen LogP contribution is -2.22. The molecule has 7 nitrogen and oxygen atoms in total. The number of rotatable bonds is 6. The number of aromatic nitrogens is 3. The van der Waals surface area contributed by atoms with Crippen LogP contribution in [0.25, 0.3) is 0 Å². The van der Waals surface area contributed by atoms with Crippen molar-refractivity contribution in [3.8, 4) is 0 Å². The highest BCUT2D eigenvalue weighted by Crippen LogP contribution is 2.16. The molecule has 2 rings (SSSR count). The van der Waals surface area contributed by atoms with Crippen LogP contribution in [0, 0.1) is 5.92 Å². The van der Waals surface area contributed by atoms with Crippen LogP contribution in [-0.2, 0) is 9.84 Å². The van der Waals surface area contributed by atoms with E-state index in [-0.39, 0.29) is 17.5 Å². The van der Waals surface area contributed by atoms with Gasteiger partial charge in [0.2, 0.25) is 5.95 Å². The molecule has 112 valence electrons. The first-order valence-electron chi connectivity index (χ1n) is 6.85. The van der Waals surface area contributed by atoms with Crippen molar-refractivity contribution in [2.75, 3.05) is 28.7 Å². The number of nitrogens with zero attached hydrogens (tertiary/aromatic N) is 3. The molecule has 1 aromatic heterocycles. The fourth-order valence-electron chi connectivity index (χ4n) is 2.04. The molecule has 0 spiro atoms. The number of sulfone groups is 1. The van der Waals surface area contributed by atoms with Crippen molar-refractivity contribution in [3.63, 3.8) is 0 Å². The normalized spacial score (nSPS) is 21.1. The van der Waals surface area contributed by atoms with Crippen molar-refractivity contribution in [3.05, 3.63) is 6.20 Å². The summed E-state index contributed by atoms with van der Waals surface area (Å²) in [6, 6.07) is -0.0831. The molecule has 0 aliphatic carbocycles. The smallest absolute Gasteiger partial charge is 0.244 e. The van der Waals surface area contributed by atoms with E-state index >= 15 is 0 Å². The Labute approximate surface area is 119 Å². The Hall–Kier alpha value is -1.44. The second-order valence-electron chi connectivity index (χ2n) is 5.52. The summed E-state index contributed by atoms with van der Waals surface area (Å²) in [7, 11) is -2.89. The van der Waals surface area contributed by atoms with E-state index in [1.165, 1.54) is 6.20 Å². The maximum atomic E-state index is 11.4. The third-order valence-corrected chi connectivity index (χ3v) is 4.92. The number of nitrogens with one attached hydrogen (secondary N) is 2. The number of anilines is 2. The van der Waals surface area contributed by atoms with Gasteiger partial charge in [-0.1, -0.05) is 13.8 Å². The van der Waals surface area contributed by atoms with E-state index in [0.717, 1.165) is 13.0 Å². The summed E-state index contributed by atoms with van der Waals surface area (Å²) in [6.45, 7) is 5.10. The van der Waals surface area contributed by atoms with Gasteiger partial charge in [-0.25, -0.2) is 8.42 Å². The maximum absolute atomic E-state index is 11.4. The third kappa shape index (κ3) is 4.59. The molecule has 1 aliphatic rings. The molecule has 0 amide bonds. The maximum Gasteiger partial charge on any atom is 0.244 e. The molecule has 8 heteroatoms. The molecule has 1 aliphatic heterocycles. The minimum absolute atomic E-state index is 0.0831. The largest absolute Gasteiger partial charge is 0.365 e. The van der Waals surface area contributed by atoms with Gasteiger partial charge >= 0.3 is 0 Å². The van der Waals surface area contributed by atoms with Crippen molar-refractivity contribution < 1.29 is 8.42 Å². The molecule has 1 saturated heterocycles. The molecular formula is C12H21N5O2S. The van der Waals surface area contributed by atoms with Crippen LogP contribution in [0.5, 0.6) is 0 Å². The molecule has 0 aromatic carbocycles. The Balaban J connectivity index is 1.89. The Morgan fingerprint density at radius 1 is 1.45 bits per heavy atom. The fraction of sp³-hybridized carbons (Fsp3) is 0.750. The van der Waals surface area contributed by atoms with Gasteiger partial charge in [0.1, 0.15) is 0 Å². The predicted molar refractivity (Wildman–Crippen MR) is 78.5 cm³/mol. The highest BCUT2D eigenvalue weighted by Gasteiger charge is 2.28. The predicted octanol–water partition coefficient (Wildman–Crippen LogP) is 0.929. The summed E-state index contributed by atoms with van der Waals surface area (Å²) in [4.78, 5) is 4.29. The molecule has 0 bridgehead atoms. The van der Waals surface area contributed by atoms with Crippen LogP contribution in [0.2, 0.25) is 0 Å². The summed E-state index contributed by atoms with van der Waals surface area (Å²) in [5.74, 6) is 2.04. The molecule has 1 aromatic rings. The molecule has 2 N–H and O–H groups in total. The Morgan fingerprint density at radius 2 is 2.25 bits per heavy atom. The van der Waals surface area contributed by atoms with Gasteiger partial charge in [-0.15, -0.1) is 5.10 Å². The lowest BCUT2D eigenvalue weighted by atomic mass is 10.1. The summed E-state index contributed by atoms with van der Waals surface area (Å²) >= 11 is 0. The van der Waals surface area contributed by atoms with Gasteiger partial charge in [0.05, 0.1) is 17.7 Å². The van der Waals surface area contributed by atoms with Crippen LogP contribution in [0.15, 0.2) is 6.20 Å².